The molecule has 0 atom stereocenters. The zero-order valence-corrected chi connectivity index (χ0v) is 13.7. The zero-order valence-electron chi connectivity index (χ0n) is 13.7. The minimum Gasteiger partial charge on any atom is -0.365 e. The van der Waals surface area contributed by atoms with Crippen molar-refractivity contribution in [2.45, 2.75) is 13.1 Å². The highest BCUT2D eigenvalue weighted by Gasteiger charge is 2.20. The van der Waals surface area contributed by atoms with Crippen molar-refractivity contribution < 1.29 is 18.9 Å². The Bertz CT molecular complexity index is 940. The summed E-state index contributed by atoms with van der Waals surface area (Å²) in [7, 11) is 1.44. The van der Waals surface area contributed by atoms with E-state index in [9.17, 15) is 28.9 Å². The van der Waals surface area contributed by atoms with Gasteiger partial charge in [0.2, 0.25) is 5.91 Å². The maximum absolute atomic E-state index is 13.2. The summed E-state index contributed by atoms with van der Waals surface area (Å²) in [5.74, 6) is -2.15. The summed E-state index contributed by atoms with van der Waals surface area (Å²) in [5, 5.41) is 10.9. The lowest BCUT2D eigenvalue weighted by Crippen LogP contribution is -2.36. The van der Waals surface area contributed by atoms with E-state index in [1.165, 1.54) is 30.1 Å². The summed E-state index contributed by atoms with van der Waals surface area (Å²) in [6.07, 6.45) is 0.864. The van der Waals surface area contributed by atoms with Crippen LogP contribution >= 0.6 is 0 Å². The van der Waals surface area contributed by atoms with Gasteiger partial charge in [-0.3, -0.25) is 29.1 Å². The number of nitro groups is 1. The van der Waals surface area contributed by atoms with Crippen LogP contribution in [0.25, 0.3) is 0 Å². The third-order valence-corrected chi connectivity index (χ3v) is 3.59. The maximum atomic E-state index is 13.2. The van der Waals surface area contributed by atoms with E-state index in [4.69, 9.17) is 5.73 Å². The SMILES string of the molecule is CN(Cc1cccc(F)c1)C(=O)Cn1cc([N+](=O)[O-])cc(C(N)=O)c1=O. The van der Waals surface area contributed by atoms with E-state index in [-0.39, 0.29) is 6.54 Å². The van der Waals surface area contributed by atoms with Crippen LogP contribution in [0.3, 0.4) is 0 Å². The Morgan fingerprint density at radius 1 is 1.35 bits per heavy atom. The van der Waals surface area contributed by atoms with E-state index in [0.29, 0.717) is 5.56 Å². The van der Waals surface area contributed by atoms with E-state index in [1.54, 1.807) is 6.07 Å². The highest BCUT2D eigenvalue weighted by molar-refractivity contribution is 5.93. The van der Waals surface area contributed by atoms with Crippen molar-refractivity contribution in [3.05, 3.63) is 73.9 Å². The molecule has 9 nitrogen and oxygen atoms in total. The molecule has 136 valence electrons. The standard InChI is InChI=1S/C16H15FN4O5/c1-19(7-10-3-2-4-11(17)5-10)14(22)9-20-8-12(21(25)26)6-13(15(18)23)16(20)24/h2-6,8H,7,9H2,1H3,(H2,18,23). The molecule has 10 heteroatoms. The number of pyridine rings is 1. The van der Waals surface area contributed by atoms with E-state index >= 15 is 0 Å². The molecule has 2 amide bonds. The molecule has 2 rings (SSSR count). The van der Waals surface area contributed by atoms with Gasteiger partial charge >= 0.3 is 0 Å². The molecule has 2 N–H and O–H groups in total. The van der Waals surface area contributed by atoms with Gasteiger partial charge in [0.15, 0.2) is 0 Å². The van der Waals surface area contributed by atoms with Gasteiger partial charge in [0, 0.05) is 19.7 Å². The number of hydrogen-bond donors (Lipinski definition) is 1. The van der Waals surface area contributed by atoms with E-state index < -0.39 is 45.9 Å². The van der Waals surface area contributed by atoms with Crippen molar-refractivity contribution in [3.63, 3.8) is 0 Å². The molecule has 26 heavy (non-hydrogen) atoms. The number of nitrogens with zero attached hydrogens (tertiary/aromatic N) is 3. The van der Waals surface area contributed by atoms with Crippen molar-refractivity contribution >= 4 is 17.5 Å². The number of nitrogens with two attached hydrogens (primary N) is 1. The normalized spacial score (nSPS) is 10.4. The smallest absolute Gasteiger partial charge is 0.286 e. The second-order valence-corrected chi connectivity index (χ2v) is 5.55. The molecule has 1 aromatic carbocycles. The quantitative estimate of drug-likeness (QED) is 0.596. The molecule has 0 unspecified atom stereocenters. The minimum absolute atomic E-state index is 0.0724. The highest BCUT2D eigenvalue weighted by atomic mass is 19.1. The number of carbonyl (C=O) groups excluding carboxylic acids is 2. The molecule has 0 aliphatic carbocycles. The van der Waals surface area contributed by atoms with Gasteiger partial charge in [0.1, 0.15) is 17.9 Å². The average molecular weight is 362 g/mol. The summed E-state index contributed by atoms with van der Waals surface area (Å²) in [6.45, 7) is -0.463. The molecule has 0 aliphatic heterocycles. The van der Waals surface area contributed by atoms with Crippen LogP contribution in [-0.4, -0.2) is 33.3 Å². The maximum Gasteiger partial charge on any atom is 0.286 e. The Morgan fingerprint density at radius 3 is 2.62 bits per heavy atom. The first kappa shape index (κ1) is 18.8. The topological polar surface area (TPSA) is 129 Å². The van der Waals surface area contributed by atoms with E-state index in [1.807, 2.05) is 0 Å². The van der Waals surface area contributed by atoms with Crippen LogP contribution in [-0.2, 0) is 17.9 Å². The second kappa shape index (κ2) is 7.55. The molecule has 0 saturated carbocycles. The van der Waals surface area contributed by atoms with Crippen molar-refractivity contribution in [2.24, 2.45) is 5.73 Å². The van der Waals surface area contributed by atoms with Crippen LogP contribution in [0.4, 0.5) is 10.1 Å². The van der Waals surface area contributed by atoms with Crippen LogP contribution in [0.5, 0.6) is 0 Å². The lowest BCUT2D eigenvalue weighted by molar-refractivity contribution is -0.385. The first-order chi connectivity index (χ1) is 12.2. The molecule has 0 saturated heterocycles. The summed E-state index contributed by atoms with van der Waals surface area (Å²) >= 11 is 0. The minimum atomic E-state index is -1.13. The first-order valence-corrected chi connectivity index (χ1v) is 7.36. The van der Waals surface area contributed by atoms with Crippen LogP contribution in [0.15, 0.2) is 41.3 Å². The molecular formula is C16H15FN4O5. The number of amides is 2. The lowest BCUT2D eigenvalue weighted by atomic mass is 10.2. The molecule has 2 aromatic rings. The van der Waals surface area contributed by atoms with E-state index in [0.717, 1.165) is 16.8 Å². The third kappa shape index (κ3) is 4.29. The van der Waals surface area contributed by atoms with Gasteiger partial charge in [0.05, 0.1) is 11.1 Å². The molecule has 1 heterocycles. The van der Waals surface area contributed by atoms with Crippen molar-refractivity contribution in [2.75, 3.05) is 7.05 Å². The molecule has 0 fully saturated rings. The van der Waals surface area contributed by atoms with Crippen molar-refractivity contribution in [1.82, 2.24) is 9.47 Å². The Hall–Kier alpha value is -3.56. The number of primary amides is 1. The summed E-state index contributed by atoms with van der Waals surface area (Å²) in [6, 6.07) is 6.40. The number of hydrogen-bond acceptors (Lipinski definition) is 5. The summed E-state index contributed by atoms with van der Waals surface area (Å²) in [5.41, 5.74) is 3.55. The summed E-state index contributed by atoms with van der Waals surface area (Å²) < 4.78 is 14.0. The summed E-state index contributed by atoms with van der Waals surface area (Å²) in [4.78, 5) is 47.1. The largest absolute Gasteiger partial charge is 0.365 e. The van der Waals surface area contributed by atoms with Gasteiger partial charge in [-0.1, -0.05) is 12.1 Å². The number of likely N-dealkylation sites (N-methyl/N-ethyl adjacent to an activating group) is 1. The van der Waals surface area contributed by atoms with Gasteiger partial charge in [-0.15, -0.1) is 0 Å². The Balaban J connectivity index is 2.26. The van der Waals surface area contributed by atoms with Crippen molar-refractivity contribution in [1.29, 1.82) is 0 Å². The second-order valence-electron chi connectivity index (χ2n) is 5.55. The molecule has 0 aliphatic rings. The average Bonchev–Trinajstić information content (AvgIpc) is 2.56. The molecule has 0 radical (unpaired) electrons. The Labute approximate surface area is 146 Å². The molecule has 0 spiro atoms. The third-order valence-electron chi connectivity index (χ3n) is 3.59. The number of aromatic nitrogens is 1. The van der Waals surface area contributed by atoms with Gasteiger partial charge < -0.3 is 10.6 Å². The van der Waals surface area contributed by atoms with Crippen molar-refractivity contribution in [3.8, 4) is 0 Å². The number of benzene rings is 1. The monoisotopic (exact) mass is 362 g/mol. The van der Waals surface area contributed by atoms with Crippen LogP contribution in [0.1, 0.15) is 15.9 Å². The number of halogens is 1. The number of carbonyl (C=O) groups is 2. The lowest BCUT2D eigenvalue weighted by Gasteiger charge is -2.18. The fourth-order valence-corrected chi connectivity index (χ4v) is 2.28. The molecule has 0 bridgehead atoms. The van der Waals surface area contributed by atoms with Crippen LogP contribution < -0.4 is 11.3 Å². The fourth-order valence-electron chi connectivity index (χ4n) is 2.28. The predicted octanol–water partition coefficient (Wildman–Crippen LogP) is 0.653. The molecular weight excluding hydrogens is 347 g/mol. The van der Waals surface area contributed by atoms with Crippen LogP contribution in [0, 0.1) is 15.9 Å². The highest BCUT2D eigenvalue weighted by Crippen LogP contribution is 2.11. The van der Waals surface area contributed by atoms with E-state index in [2.05, 4.69) is 0 Å². The first-order valence-electron chi connectivity index (χ1n) is 7.36. The van der Waals surface area contributed by atoms with Gasteiger partial charge in [-0.05, 0) is 17.7 Å². The predicted molar refractivity (Wildman–Crippen MR) is 88.7 cm³/mol. The Morgan fingerprint density at radius 2 is 2.04 bits per heavy atom. The van der Waals surface area contributed by atoms with Gasteiger partial charge in [-0.25, -0.2) is 4.39 Å². The van der Waals surface area contributed by atoms with Crippen LogP contribution in [0.2, 0.25) is 0 Å². The number of rotatable bonds is 6. The Kier molecular flexibility index (Phi) is 5.45. The van der Waals surface area contributed by atoms with Gasteiger partial charge in [0.25, 0.3) is 17.2 Å². The van der Waals surface area contributed by atoms with Gasteiger partial charge in [-0.2, -0.15) is 0 Å². The fraction of sp³-hybridized carbons (Fsp3) is 0.188. The zero-order chi connectivity index (χ0) is 19.4. The molecule has 1 aromatic heterocycles.